The Balaban J connectivity index is 2.41. The zero-order valence-corrected chi connectivity index (χ0v) is 38.6. The van der Waals surface area contributed by atoms with Gasteiger partial charge in [0.2, 0.25) is 5.91 Å². The lowest BCUT2D eigenvalue weighted by molar-refractivity contribution is -0.150. The maximum atomic E-state index is 13.4. The van der Waals surface area contributed by atoms with Crippen molar-refractivity contribution >= 4 is 17.8 Å². The highest BCUT2D eigenvalue weighted by atomic mass is 16.5. The van der Waals surface area contributed by atoms with E-state index in [1.165, 1.54) is 116 Å². The molecule has 1 heterocycles. The van der Waals surface area contributed by atoms with Crippen LogP contribution in [-0.2, 0) is 23.9 Å². The first kappa shape index (κ1) is 53.4. The second kappa shape index (κ2) is 39.8. The number of rotatable bonds is 42. The topological polar surface area (TPSA) is 76.1 Å². The molecular formula is C50H96N2O5. The molecule has 1 aliphatic heterocycles. The molecule has 7 heteroatoms. The van der Waals surface area contributed by atoms with Gasteiger partial charge in [-0.3, -0.25) is 19.3 Å². The molecule has 0 N–H and O–H groups in total. The third-order valence-corrected chi connectivity index (χ3v) is 12.3. The summed E-state index contributed by atoms with van der Waals surface area (Å²) in [7, 11) is 0. The molecule has 0 spiro atoms. The smallest absolute Gasteiger partial charge is 0.308 e. The van der Waals surface area contributed by atoms with Crippen molar-refractivity contribution < 1.29 is 23.9 Å². The van der Waals surface area contributed by atoms with Gasteiger partial charge in [-0.25, -0.2) is 0 Å². The summed E-state index contributed by atoms with van der Waals surface area (Å²) in [6, 6.07) is 0. The fraction of sp³-hybridized carbons (Fsp3) is 0.940. The van der Waals surface area contributed by atoms with Gasteiger partial charge in [0.25, 0.3) is 0 Å². The number of ether oxygens (including phenoxy) is 2. The highest BCUT2D eigenvalue weighted by molar-refractivity contribution is 5.78. The van der Waals surface area contributed by atoms with Crippen LogP contribution in [0.25, 0.3) is 0 Å². The zero-order chi connectivity index (χ0) is 41.4. The van der Waals surface area contributed by atoms with Crippen LogP contribution in [0.3, 0.4) is 0 Å². The van der Waals surface area contributed by atoms with E-state index in [2.05, 4.69) is 37.5 Å². The number of hydrogen-bond acceptors (Lipinski definition) is 6. The van der Waals surface area contributed by atoms with Gasteiger partial charge in [-0.05, 0) is 90.1 Å². The Morgan fingerprint density at radius 3 is 1.14 bits per heavy atom. The van der Waals surface area contributed by atoms with E-state index >= 15 is 0 Å². The molecular weight excluding hydrogens is 709 g/mol. The standard InChI is InChI=1S/C50H96N2O5/c1-5-9-13-17-19-27-37-46(35-25-15-11-7-3)49(54)56-43-33-23-21-29-41-52(48(53)45-51-39-31-32-40-51)42-30-22-24-34-44-57-50(55)47(36-26-16-12-8-4)38-28-20-18-14-10-6-2/h46-47H,5-45H2,1-4H3. The molecule has 0 radical (unpaired) electrons. The van der Waals surface area contributed by atoms with Gasteiger partial charge in [0, 0.05) is 13.1 Å². The second-order valence-electron chi connectivity index (χ2n) is 17.7. The number of carbonyl (C=O) groups is 3. The molecule has 0 aromatic rings. The van der Waals surface area contributed by atoms with Gasteiger partial charge in [-0.2, -0.15) is 0 Å². The van der Waals surface area contributed by atoms with Crippen molar-refractivity contribution in [2.24, 2.45) is 11.8 Å². The van der Waals surface area contributed by atoms with Crippen LogP contribution in [0.2, 0.25) is 0 Å². The monoisotopic (exact) mass is 805 g/mol. The summed E-state index contributed by atoms with van der Waals surface area (Å²) < 4.78 is 11.7. The van der Waals surface area contributed by atoms with Crippen molar-refractivity contribution in [3.63, 3.8) is 0 Å². The maximum absolute atomic E-state index is 13.4. The minimum absolute atomic E-state index is 0.0300. The van der Waals surface area contributed by atoms with Gasteiger partial charge >= 0.3 is 11.9 Å². The molecule has 1 amide bonds. The zero-order valence-electron chi connectivity index (χ0n) is 38.6. The van der Waals surface area contributed by atoms with E-state index in [4.69, 9.17) is 9.47 Å². The van der Waals surface area contributed by atoms with Crippen LogP contribution in [0.5, 0.6) is 0 Å². The first-order valence-electron chi connectivity index (χ1n) is 25.3. The van der Waals surface area contributed by atoms with Gasteiger partial charge < -0.3 is 14.4 Å². The molecule has 7 nitrogen and oxygen atoms in total. The molecule has 0 aromatic carbocycles. The molecule has 1 fully saturated rings. The number of likely N-dealkylation sites (tertiary alicyclic amines) is 1. The van der Waals surface area contributed by atoms with Gasteiger partial charge in [-0.1, -0.05) is 169 Å². The van der Waals surface area contributed by atoms with Crippen LogP contribution in [-0.4, -0.2) is 73.6 Å². The number of unbranched alkanes of at least 4 members (excludes halogenated alkanes) is 22. The molecule has 336 valence electrons. The van der Waals surface area contributed by atoms with E-state index in [0.717, 1.165) is 129 Å². The van der Waals surface area contributed by atoms with Crippen LogP contribution < -0.4 is 0 Å². The van der Waals surface area contributed by atoms with Crippen LogP contribution in [0, 0.1) is 11.8 Å². The lowest BCUT2D eigenvalue weighted by atomic mass is 9.94. The van der Waals surface area contributed by atoms with Gasteiger partial charge in [0.15, 0.2) is 0 Å². The van der Waals surface area contributed by atoms with Crippen molar-refractivity contribution in [3.05, 3.63) is 0 Å². The molecule has 2 unspecified atom stereocenters. The number of carbonyl (C=O) groups excluding carboxylic acids is 3. The highest BCUT2D eigenvalue weighted by Gasteiger charge is 2.22. The number of amides is 1. The molecule has 0 saturated carbocycles. The predicted octanol–water partition coefficient (Wildman–Crippen LogP) is 13.8. The van der Waals surface area contributed by atoms with Crippen LogP contribution in [0.15, 0.2) is 0 Å². The van der Waals surface area contributed by atoms with Crippen molar-refractivity contribution in [1.29, 1.82) is 0 Å². The fourth-order valence-corrected chi connectivity index (χ4v) is 8.43. The molecule has 2 atom stereocenters. The number of nitrogens with zero attached hydrogens (tertiary/aromatic N) is 2. The Kier molecular flexibility index (Phi) is 37.3. The van der Waals surface area contributed by atoms with Crippen molar-refractivity contribution in [1.82, 2.24) is 9.80 Å². The predicted molar refractivity (Wildman–Crippen MR) is 242 cm³/mol. The van der Waals surface area contributed by atoms with Crippen LogP contribution in [0.4, 0.5) is 0 Å². The summed E-state index contributed by atoms with van der Waals surface area (Å²) in [5.74, 6) is 0.459. The third-order valence-electron chi connectivity index (χ3n) is 12.3. The van der Waals surface area contributed by atoms with Crippen molar-refractivity contribution in [2.45, 2.75) is 246 Å². The van der Waals surface area contributed by atoms with Crippen molar-refractivity contribution in [2.75, 3.05) is 45.9 Å². The summed E-state index contributed by atoms with van der Waals surface area (Å²) in [6.45, 7) is 14.2. The Hall–Kier alpha value is -1.63. The van der Waals surface area contributed by atoms with E-state index in [1.54, 1.807) is 0 Å². The molecule has 57 heavy (non-hydrogen) atoms. The van der Waals surface area contributed by atoms with Crippen LogP contribution >= 0.6 is 0 Å². The minimum atomic E-state index is 0.0300. The average Bonchev–Trinajstić information content (AvgIpc) is 3.73. The second-order valence-corrected chi connectivity index (χ2v) is 17.7. The lowest BCUT2D eigenvalue weighted by Gasteiger charge is -2.25. The Labute approximate surface area is 354 Å². The highest BCUT2D eigenvalue weighted by Crippen LogP contribution is 2.22. The first-order valence-corrected chi connectivity index (χ1v) is 25.3. The largest absolute Gasteiger partial charge is 0.465 e. The molecule has 1 saturated heterocycles. The fourth-order valence-electron chi connectivity index (χ4n) is 8.43. The van der Waals surface area contributed by atoms with Crippen molar-refractivity contribution in [3.8, 4) is 0 Å². The van der Waals surface area contributed by atoms with E-state index in [9.17, 15) is 14.4 Å². The van der Waals surface area contributed by atoms with E-state index < -0.39 is 0 Å². The Morgan fingerprint density at radius 2 is 0.754 bits per heavy atom. The quantitative estimate of drug-likeness (QED) is 0.0452. The van der Waals surface area contributed by atoms with Gasteiger partial charge in [0.1, 0.15) is 0 Å². The summed E-state index contributed by atoms with van der Waals surface area (Å²) >= 11 is 0. The summed E-state index contributed by atoms with van der Waals surface area (Å²) in [6.07, 6.45) is 38.9. The maximum Gasteiger partial charge on any atom is 0.308 e. The summed E-state index contributed by atoms with van der Waals surface area (Å²) in [5, 5.41) is 0. The molecule has 0 bridgehead atoms. The lowest BCUT2D eigenvalue weighted by Crippen LogP contribution is -2.40. The van der Waals surface area contributed by atoms with Gasteiger partial charge in [-0.15, -0.1) is 0 Å². The van der Waals surface area contributed by atoms with E-state index in [0.29, 0.717) is 19.8 Å². The molecule has 1 aliphatic rings. The van der Waals surface area contributed by atoms with E-state index in [-0.39, 0.29) is 29.7 Å². The average molecular weight is 805 g/mol. The Bertz CT molecular complexity index is 864. The van der Waals surface area contributed by atoms with Crippen LogP contribution in [0.1, 0.15) is 246 Å². The summed E-state index contributed by atoms with van der Waals surface area (Å²) in [4.78, 5) is 43.9. The molecule has 0 aromatic heterocycles. The number of hydrogen-bond donors (Lipinski definition) is 0. The molecule has 0 aliphatic carbocycles. The summed E-state index contributed by atoms with van der Waals surface area (Å²) in [5.41, 5.74) is 0. The third kappa shape index (κ3) is 31.0. The SMILES string of the molecule is CCCCCCCCC(CCCCCC)C(=O)OCCCCCCN(CCCCCCOC(=O)C(CCCCCC)CCCCCCCC)C(=O)CN1CCCC1. The van der Waals surface area contributed by atoms with Gasteiger partial charge in [0.05, 0.1) is 31.6 Å². The minimum Gasteiger partial charge on any atom is -0.465 e. The molecule has 1 rings (SSSR count). The normalized spacial score (nSPS) is 14.2. The number of esters is 2. The van der Waals surface area contributed by atoms with E-state index in [1.807, 2.05) is 0 Å². The first-order chi connectivity index (χ1) is 28.0. The Morgan fingerprint density at radius 1 is 0.439 bits per heavy atom.